The molecule has 88 valence electrons. The molecular weight excluding hydrogens is 245 g/mol. The Bertz CT molecular complexity index is 514. The van der Waals surface area contributed by atoms with Crippen molar-refractivity contribution in [1.29, 1.82) is 0 Å². The van der Waals surface area contributed by atoms with Gasteiger partial charge in [0.25, 0.3) is 0 Å². The number of nitrogens with zero attached hydrogens (tertiary/aromatic N) is 2. The number of aromatic nitrogens is 2. The Balaban J connectivity index is 2.31. The minimum atomic E-state index is -0.460. The van der Waals surface area contributed by atoms with Gasteiger partial charge in [-0.25, -0.2) is 20.2 Å². The number of hydrogen-bond acceptors (Lipinski definition) is 5. The highest BCUT2D eigenvalue weighted by Gasteiger charge is 2.07. The molecule has 0 aliphatic carbocycles. The van der Waals surface area contributed by atoms with Gasteiger partial charge < -0.3 is 10.7 Å². The highest BCUT2D eigenvalue weighted by Crippen LogP contribution is 2.27. The average Bonchev–Trinajstić information content (AvgIpc) is 2.34. The van der Waals surface area contributed by atoms with E-state index in [0.29, 0.717) is 11.6 Å². The summed E-state index contributed by atoms with van der Waals surface area (Å²) in [4.78, 5) is 7.75. The van der Waals surface area contributed by atoms with Gasteiger partial charge in [0, 0.05) is 6.07 Å². The Kier molecular flexibility index (Phi) is 3.36. The molecule has 0 saturated heterocycles. The maximum atomic E-state index is 13.5. The first-order chi connectivity index (χ1) is 8.20. The molecule has 0 atom stereocenters. The second kappa shape index (κ2) is 4.94. The third-order valence-corrected chi connectivity index (χ3v) is 2.35. The molecule has 0 amide bonds. The summed E-state index contributed by atoms with van der Waals surface area (Å²) in [5, 5.41) is 3.03. The molecule has 2 rings (SSSR count). The second-order valence-corrected chi connectivity index (χ2v) is 3.56. The first kappa shape index (κ1) is 11.6. The molecule has 0 aliphatic heterocycles. The lowest BCUT2D eigenvalue weighted by Gasteiger charge is -2.09. The van der Waals surface area contributed by atoms with Crippen LogP contribution in [0.5, 0.6) is 0 Å². The van der Waals surface area contributed by atoms with Crippen LogP contribution in [-0.4, -0.2) is 9.97 Å². The Labute approximate surface area is 102 Å². The fraction of sp³-hybridized carbons (Fsp3) is 0. The lowest BCUT2D eigenvalue weighted by Crippen LogP contribution is -2.09. The quantitative estimate of drug-likeness (QED) is 0.578. The van der Waals surface area contributed by atoms with Crippen molar-refractivity contribution < 1.29 is 4.39 Å². The van der Waals surface area contributed by atoms with Crippen LogP contribution in [0.25, 0.3) is 0 Å². The van der Waals surface area contributed by atoms with Crippen LogP contribution in [0.4, 0.5) is 21.7 Å². The molecule has 7 heteroatoms. The van der Waals surface area contributed by atoms with E-state index in [1.165, 1.54) is 24.5 Å². The van der Waals surface area contributed by atoms with Crippen molar-refractivity contribution >= 4 is 28.9 Å². The van der Waals surface area contributed by atoms with Crippen LogP contribution < -0.4 is 16.6 Å². The maximum Gasteiger partial charge on any atom is 0.148 e. The zero-order valence-electron chi connectivity index (χ0n) is 8.61. The zero-order valence-corrected chi connectivity index (χ0v) is 9.37. The molecular formula is C10H9ClFN5. The van der Waals surface area contributed by atoms with Gasteiger partial charge in [0.1, 0.15) is 23.8 Å². The summed E-state index contributed by atoms with van der Waals surface area (Å²) in [6.45, 7) is 0. The number of anilines is 3. The number of halogens is 2. The van der Waals surface area contributed by atoms with Gasteiger partial charge in [-0.15, -0.1) is 0 Å². The van der Waals surface area contributed by atoms with Crippen LogP contribution in [0.1, 0.15) is 0 Å². The molecule has 0 saturated carbocycles. The van der Waals surface area contributed by atoms with Crippen molar-refractivity contribution in [3.05, 3.63) is 41.4 Å². The van der Waals surface area contributed by atoms with Crippen molar-refractivity contribution in [3.63, 3.8) is 0 Å². The van der Waals surface area contributed by atoms with E-state index in [-0.39, 0.29) is 10.7 Å². The molecule has 0 fully saturated rings. The Hall–Kier alpha value is -1.92. The molecule has 0 radical (unpaired) electrons. The first-order valence-electron chi connectivity index (χ1n) is 4.70. The molecule has 0 spiro atoms. The summed E-state index contributed by atoms with van der Waals surface area (Å²) in [7, 11) is 0. The van der Waals surface area contributed by atoms with E-state index < -0.39 is 5.82 Å². The van der Waals surface area contributed by atoms with Crippen molar-refractivity contribution in [2.75, 3.05) is 10.7 Å². The van der Waals surface area contributed by atoms with Gasteiger partial charge >= 0.3 is 0 Å². The van der Waals surface area contributed by atoms with E-state index >= 15 is 0 Å². The smallest absolute Gasteiger partial charge is 0.148 e. The molecule has 1 aromatic heterocycles. The summed E-state index contributed by atoms with van der Waals surface area (Å²) in [6, 6.07) is 5.94. The number of benzene rings is 1. The highest BCUT2D eigenvalue weighted by molar-refractivity contribution is 6.33. The van der Waals surface area contributed by atoms with E-state index in [1.54, 1.807) is 6.07 Å². The van der Waals surface area contributed by atoms with Gasteiger partial charge in [0.05, 0.1) is 10.7 Å². The molecule has 0 unspecified atom stereocenters. The molecule has 1 aromatic carbocycles. The topological polar surface area (TPSA) is 75.9 Å². The number of nitrogens with one attached hydrogen (secondary N) is 2. The van der Waals surface area contributed by atoms with Gasteiger partial charge in [0.2, 0.25) is 0 Å². The van der Waals surface area contributed by atoms with Crippen LogP contribution in [0.3, 0.4) is 0 Å². The molecule has 5 nitrogen and oxygen atoms in total. The third kappa shape index (κ3) is 2.61. The van der Waals surface area contributed by atoms with E-state index in [4.69, 9.17) is 17.4 Å². The monoisotopic (exact) mass is 253 g/mol. The summed E-state index contributed by atoms with van der Waals surface area (Å²) in [6.07, 6.45) is 1.30. The summed E-state index contributed by atoms with van der Waals surface area (Å²) < 4.78 is 13.5. The predicted octanol–water partition coefficient (Wildman–Crippen LogP) is 2.30. The van der Waals surface area contributed by atoms with Crippen LogP contribution in [0.15, 0.2) is 30.6 Å². The van der Waals surface area contributed by atoms with Crippen molar-refractivity contribution in [3.8, 4) is 0 Å². The third-order valence-electron chi connectivity index (χ3n) is 2.03. The predicted molar refractivity (Wildman–Crippen MR) is 64.5 cm³/mol. The van der Waals surface area contributed by atoms with Crippen LogP contribution in [0, 0.1) is 5.82 Å². The van der Waals surface area contributed by atoms with Gasteiger partial charge in [0.15, 0.2) is 0 Å². The van der Waals surface area contributed by atoms with Crippen molar-refractivity contribution in [2.45, 2.75) is 0 Å². The maximum absolute atomic E-state index is 13.5. The molecule has 0 aliphatic rings. The normalized spacial score (nSPS) is 10.1. The van der Waals surface area contributed by atoms with Gasteiger partial charge in [-0.3, -0.25) is 0 Å². The Morgan fingerprint density at radius 3 is 2.71 bits per heavy atom. The molecule has 4 N–H and O–H groups in total. The number of hydrogen-bond donors (Lipinski definition) is 3. The first-order valence-corrected chi connectivity index (χ1v) is 5.08. The van der Waals surface area contributed by atoms with Gasteiger partial charge in [-0.2, -0.15) is 0 Å². The van der Waals surface area contributed by atoms with Gasteiger partial charge in [-0.1, -0.05) is 17.7 Å². The van der Waals surface area contributed by atoms with E-state index in [2.05, 4.69) is 20.7 Å². The molecule has 2 aromatic rings. The minimum Gasteiger partial charge on any atom is -0.336 e. The number of nitrogen functional groups attached to an aromatic ring is 1. The SMILES string of the molecule is NNc1cc(Nc2c(F)cccc2Cl)ncn1. The van der Waals surface area contributed by atoms with E-state index in [9.17, 15) is 4.39 Å². The van der Waals surface area contributed by atoms with Crippen LogP contribution in [-0.2, 0) is 0 Å². The van der Waals surface area contributed by atoms with Crippen molar-refractivity contribution in [1.82, 2.24) is 9.97 Å². The fourth-order valence-corrected chi connectivity index (χ4v) is 1.46. The molecule has 17 heavy (non-hydrogen) atoms. The summed E-state index contributed by atoms with van der Waals surface area (Å²) >= 11 is 5.87. The molecule has 0 bridgehead atoms. The average molecular weight is 254 g/mol. The fourth-order valence-electron chi connectivity index (χ4n) is 1.25. The lowest BCUT2D eigenvalue weighted by molar-refractivity contribution is 0.632. The standard InChI is InChI=1S/C10H9ClFN5/c11-6-2-1-3-7(12)10(6)16-8-4-9(17-13)15-5-14-8/h1-5H,13H2,(H2,14,15,16,17). The van der Waals surface area contributed by atoms with Crippen LogP contribution in [0.2, 0.25) is 5.02 Å². The van der Waals surface area contributed by atoms with Crippen LogP contribution >= 0.6 is 11.6 Å². The highest BCUT2D eigenvalue weighted by atomic mass is 35.5. The Morgan fingerprint density at radius 2 is 2.00 bits per heavy atom. The number of rotatable bonds is 3. The minimum absolute atomic E-state index is 0.163. The summed E-state index contributed by atoms with van der Waals surface area (Å²) in [5.41, 5.74) is 2.53. The summed E-state index contributed by atoms with van der Waals surface area (Å²) in [5.74, 6) is 5.54. The lowest BCUT2D eigenvalue weighted by atomic mass is 10.3. The van der Waals surface area contributed by atoms with E-state index in [1.807, 2.05) is 0 Å². The largest absolute Gasteiger partial charge is 0.336 e. The molecule has 1 heterocycles. The number of nitrogens with two attached hydrogens (primary N) is 1. The zero-order chi connectivity index (χ0) is 12.3. The second-order valence-electron chi connectivity index (χ2n) is 3.15. The van der Waals surface area contributed by atoms with Crippen molar-refractivity contribution in [2.24, 2.45) is 5.84 Å². The van der Waals surface area contributed by atoms with E-state index in [0.717, 1.165) is 0 Å². The number of hydrazine groups is 1. The Morgan fingerprint density at radius 1 is 1.24 bits per heavy atom. The van der Waals surface area contributed by atoms with Gasteiger partial charge in [-0.05, 0) is 12.1 Å². The number of para-hydroxylation sites is 1.